The van der Waals surface area contributed by atoms with Crippen molar-refractivity contribution >= 4 is 29.1 Å². The van der Waals surface area contributed by atoms with Gasteiger partial charge in [0, 0.05) is 30.4 Å². The molecule has 1 saturated heterocycles. The number of carbonyl (C=O) groups excluding carboxylic acids is 1. The maximum atomic E-state index is 12.6. The summed E-state index contributed by atoms with van der Waals surface area (Å²) in [6.07, 6.45) is 5.39. The zero-order valence-electron chi connectivity index (χ0n) is 12.8. The first-order valence-electron chi connectivity index (χ1n) is 7.55. The van der Waals surface area contributed by atoms with Gasteiger partial charge in [-0.25, -0.2) is 4.68 Å². The minimum Gasteiger partial charge on any atom is -0.337 e. The molecule has 0 bridgehead atoms. The fourth-order valence-corrected chi connectivity index (χ4v) is 3.31. The molecule has 0 radical (unpaired) electrons. The van der Waals surface area contributed by atoms with Crippen LogP contribution in [0.1, 0.15) is 23.2 Å². The lowest BCUT2D eigenvalue weighted by Gasteiger charge is -2.32. The summed E-state index contributed by atoms with van der Waals surface area (Å²) in [6, 6.07) is 5.54. The summed E-state index contributed by atoms with van der Waals surface area (Å²) in [7, 11) is 1.93. The number of piperidine rings is 1. The molecule has 0 saturated carbocycles. The van der Waals surface area contributed by atoms with E-state index in [2.05, 4.69) is 10.4 Å². The van der Waals surface area contributed by atoms with E-state index in [0.717, 1.165) is 25.9 Å². The molecular formula is C16H18Cl2N4O. The van der Waals surface area contributed by atoms with Crippen LogP contribution in [-0.4, -0.2) is 46.8 Å². The number of carbonyl (C=O) groups is 1. The molecule has 1 amide bonds. The number of nitrogens with one attached hydrogen (secondary N) is 1. The molecule has 1 aromatic carbocycles. The van der Waals surface area contributed by atoms with Crippen molar-refractivity contribution in [1.82, 2.24) is 20.0 Å². The van der Waals surface area contributed by atoms with Crippen molar-refractivity contribution in [2.45, 2.75) is 18.9 Å². The van der Waals surface area contributed by atoms with Crippen LogP contribution in [0.2, 0.25) is 10.0 Å². The first-order valence-corrected chi connectivity index (χ1v) is 8.30. The van der Waals surface area contributed by atoms with Crippen LogP contribution in [0.3, 0.4) is 0 Å². The molecule has 3 rings (SSSR count). The van der Waals surface area contributed by atoms with E-state index in [-0.39, 0.29) is 5.91 Å². The van der Waals surface area contributed by atoms with Gasteiger partial charge in [0.1, 0.15) is 0 Å². The van der Waals surface area contributed by atoms with E-state index in [9.17, 15) is 4.79 Å². The van der Waals surface area contributed by atoms with E-state index < -0.39 is 0 Å². The Morgan fingerprint density at radius 2 is 2.22 bits per heavy atom. The molecule has 0 aliphatic carbocycles. The summed E-state index contributed by atoms with van der Waals surface area (Å²) < 4.78 is 1.60. The molecule has 1 atom stereocenters. The molecule has 1 aromatic heterocycles. The molecular weight excluding hydrogens is 335 g/mol. The molecule has 1 fully saturated rings. The summed E-state index contributed by atoms with van der Waals surface area (Å²) in [6.45, 7) is 1.51. The lowest BCUT2D eigenvalue weighted by atomic mass is 10.1. The van der Waals surface area contributed by atoms with Gasteiger partial charge in [-0.15, -0.1) is 0 Å². The number of hydrogen-bond donors (Lipinski definition) is 1. The molecule has 0 spiro atoms. The zero-order valence-corrected chi connectivity index (χ0v) is 14.3. The molecule has 2 heterocycles. The van der Waals surface area contributed by atoms with Crippen molar-refractivity contribution in [3.8, 4) is 5.69 Å². The minimum absolute atomic E-state index is 0.00119. The van der Waals surface area contributed by atoms with E-state index in [4.69, 9.17) is 23.2 Å². The van der Waals surface area contributed by atoms with Gasteiger partial charge in [-0.1, -0.05) is 23.2 Å². The smallest absolute Gasteiger partial charge is 0.257 e. The second-order valence-electron chi connectivity index (χ2n) is 5.65. The number of hydrogen-bond acceptors (Lipinski definition) is 3. The molecule has 1 aliphatic heterocycles. The standard InChI is InChI=1S/C16H18Cl2N4O/c1-19-13-3-2-6-21(10-13)16(23)11-8-20-22(9-11)15-5-4-12(17)7-14(15)18/h4-5,7-9,13,19H,2-3,6,10H2,1H3. The van der Waals surface area contributed by atoms with Crippen molar-refractivity contribution in [3.05, 3.63) is 46.2 Å². The van der Waals surface area contributed by atoms with E-state index in [1.807, 2.05) is 11.9 Å². The Labute approximate surface area is 145 Å². The predicted molar refractivity (Wildman–Crippen MR) is 91.6 cm³/mol. The zero-order chi connectivity index (χ0) is 16.4. The number of nitrogens with zero attached hydrogens (tertiary/aromatic N) is 3. The van der Waals surface area contributed by atoms with Crippen LogP contribution in [0.4, 0.5) is 0 Å². The third kappa shape index (κ3) is 3.52. The Hall–Kier alpha value is -1.56. The number of likely N-dealkylation sites (tertiary alicyclic amines) is 1. The van der Waals surface area contributed by atoms with Gasteiger partial charge in [-0.05, 0) is 38.1 Å². The average Bonchev–Trinajstić information content (AvgIpc) is 3.04. The number of amides is 1. The summed E-state index contributed by atoms with van der Waals surface area (Å²) in [4.78, 5) is 14.5. The number of aromatic nitrogens is 2. The van der Waals surface area contributed by atoms with Gasteiger partial charge in [-0.2, -0.15) is 5.10 Å². The number of benzene rings is 1. The molecule has 7 heteroatoms. The topological polar surface area (TPSA) is 50.2 Å². The Balaban J connectivity index is 1.80. The van der Waals surface area contributed by atoms with Gasteiger partial charge in [0.05, 0.1) is 22.5 Å². The van der Waals surface area contributed by atoms with E-state index >= 15 is 0 Å². The highest BCUT2D eigenvalue weighted by atomic mass is 35.5. The van der Waals surface area contributed by atoms with Crippen LogP contribution in [-0.2, 0) is 0 Å². The van der Waals surface area contributed by atoms with Crippen molar-refractivity contribution in [2.24, 2.45) is 0 Å². The fourth-order valence-electron chi connectivity index (χ4n) is 2.81. The molecule has 2 aromatic rings. The summed E-state index contributed by atoms with van der Waals surface area (Å²) in [5.41, 5.74) is 1.26. The second-order valence-corrected chi connectivity index (χ2v) is 6.49. The highest BCUT2D eigenvalue weighted by Crippen LogP contribution is 2.24. The van der Waals surface area contributed by atoms with Crippen molar-refractivity contribution in [1.29, 1.82) is 0 Å². The Bertz CT molecular complexity index is 716. The highest BCUT2D eigenvalue weighted by Gasteiger charge is 2.24. The molecule has 23 heavy (non-hydrogen) atoms. The van der Waals surface area contributed by atoms with E-state index in [1.165, 1.54) is 0 Å². The molecule has 122 valence electrons. The fraction of sp³-hybridized carbons (Fsp3) is 0.375. The first-order chi connectivity index (χ1) is 11.1. The Kier molecular flexibility index (Phi) is 4.90. The molecule has 1 unspecified atom stereocenters. The third-order valence-corrected chi connectivity index (χ3v) is 4.64. The van der Waals surface area contributed by atoms with Gasteiger partial charge in [0.25, 0.3) is 5.91 Å². The summed E-state index contributed by atoms with van der Waals surface area (Å²) in [5.74, 6) is 0.00119. The van der Waals surface area contributed by atoms with Crippen LogP contribution in [0.15, 0.2) is 30.6 Å². The van der Waals surface area contributed by atoms with Crippen LogP contribution in [0.25, 0.3) is 5.69 Å². The molecule has 1 aliphatic rings. The van der Waals surface area contributed by atoms with Crippen molar-refractivity contribution in [2.75, 3.05) is 20.1 Å². The Morgan fingerprint density at radius 1 is 1.39 bits per heavy atom. The van der Waals surface area contributed by atoms with Gasteiger partial charge >= 0.3 is 0 Å². The van der Waals surface area contributed by atoms with Gasteiger partial charge < -0.3 is 10.2 Å². The largest absolute Gasteiger partial charge is 0.337 e. The highest BCUT2D eigenvalue weighted by molar-refractivity contribution is 6.35. The van der Waals surface area contributed by atoms with Crippen molar-refractivity contribution < 1.29 is 4.79 Å². The van der Waals surface area contributed by atoms with Crippen LogP contribution in [0, 0.1) is 0 Å². The maximum Gasteiger partial charge on any atom is 0.257 e. The minimum atomic E-state index is 0.00119. The van der Waals surface area contributed by atoms with Gasteiger partial charge in [0.2, 0.25) is 0 Å². The van der Waals surface area contributed by atoms with Crippen LogP contribution in [0.5, 0.6) is 0 Å². The molecule has 5 nitrogen and oxygen atoms in total. The van der Waals surface area contributed by atoms with Gasteiger partial charge in [-0.3, -0.25) is 4.79 Å². The van der Waals surface area contributed by atoms with Crippen LogP contribution < -0.4 is 5.32 Å². The van der Waals surface area contributed by atoms with E-state index in [1.54, 1.807) is 35.3 Å². The molecule has 1 N–H and O–H groups in total. The Morgan fingerprint density at radius 3 is 2.96 bits per heavy atom. The summed E-state index contributed by atoms with van der Waals surface area (Å²) >= 11 is 12.1. The normalized spacial score (nSPS) is 18.2. The number of rotatable bonds is 3. The third-order valence-electron chi connectivity index (χ3n) is 4.10. The lowest BCUT2D eigenvalue weighted by molar-refractivity contribution is 0.0698. The number of likely N-dealkylation sites (N-methyl/N-ethyl adjacent to an activating group) is 1. The quantitative estimate of drug-likeness (QED) is 0.923. The first kappa shape index (κ1) is 16.3. The predicted octanol–water partition coefficient (Wildman–Crippen LogP) is 3.00. The van der Waals surface area contributed by atoms with Crippen LogP contribution >= 0.6 is 23.2 Å². The lowest BCUT2D eigenvalue weighted by Crippen LogP contribution is -2.46. The second kappa shape index (κ2) is 6.91. The number of halogens is 2. The summed E-state index contributed by atoms with van der Waals surface area (Å²) in [5, 5.41) is 8.55. The maximum absolute atomic E-state index is 12.6. The monoisotopic (exact) mass is 352 g/mol. The SMILES string of the molecule is CNC1CCCN(C(=O)c2cnn(-c3ccc(Cl)cc3Cl)c2)C1. The average molecular weight is 353 g/mol. The van der Waals surface area contributed by atoms with Gasteiger partial charge in [0.15, 0.2) is 0 Å². The van der Waals surface area contributed by atoms with Crippen molar-refractivity contribution in [3.63, 3.8) is 0 Å². The van der Waals surface area contributed by atoms with E-state index in [0.29, 0.717) is 27.3 Å².